The molecule has 2 heterocycles. The molecule has 1 amide bonds. The highest BCUT2D eigenvalue weighted by molar-refractivity contribution is 5.99. The number of amides is 1. The Bertz CT molecular complexity index is 1010. The van der Waals surface area contributed by atoms with Crippen LogP contribution >= 0.6 is 0 Å². The number of fused-ring (bicyclic) bond motifs is 1. The van der Waals surface area contributed by atoms with Gasteiger partial charge in [0.25, 0.3) is 5.91 Å². The van der Waals surface area contributed by atoms with E-state index in [1.807, 2.05) is 42.1 Å². The maximum atomic E-state index is 11.9. The van der Waals surface area contributed by atoms with Crippen LogP contribution in [0.5, 0.6) is 0 Å². The van der Waals surface area contributed by atoms with Crippen LogP contribution in [0.4, 0.5) is 17.3 Å². The van der Waals surface area contributed by atoms with Gasteiger partial charge >= 0.3 is 0 Å². The number of aromatic nitrogens is 3. The maximum absolute atomic E-state index is 11.9. The van der Waals surface area contributed by atoms with E-state index in [1.54, 1.807) is 6.20 Å². The van der Waals surface area contributed by atoms with Crippen LogP contribution in [0.15, 0.2) is 36.7 Å². The fourth-order valence-electron chi connectivity index (χ4n) is 3.99. The number of nitrogens with one attached hydrogen (secondary N) is 2. The summed E-state index contributed by atoms with van der Waals surface area (Å²) in [5.74, 6) is 1.01. The summed E-state index contributed by atoms with van der Waals surface area (Å²) < 4.78 is 2.05. The third kappa shape index (κ3) is 3.52. The van der Waals surface area contributed by atoms with Crippen molar-refractivity contribution in [1.82, 2.24) is 14.5 Å². The Hall–Kier alpha value is -3.09. The second-order valence-corrected chi connectivity index (χ2v) is 7.62. The number of primary amides is 1. The van der Waals surface area contributed by atoms with E-state index >= 15 is 0 Å². The summed E-state index contributed by atoms with van der Waals surface area (Å²) in [4.78, 5) is 20.8. The SMILES string of the molecule is C[C@H]1CCCC[C@H]1Nc1cnc(C(N)=O)c(Nc2cccc3c2ccn3C)n1. The first-order valence-corrected chi connectivity index (χ1v) is 9.77. The van der Waals surface area contributed by atoms with Gasteiger partial charge in [-0.25, -0.2) is 9.97 Å². The summed E-state index contributed by atoms with van der Waals surface area (Å²) in [6.45, 7) is 2.26. The first-order chi connectivity index (χ1) is 13.5. The number of aryl methyl sites for hydroxylation is 1. The van der Waals surface area contributed by atoms with Crippen molar-refractivity contribution in [1.29, 1.82) is 0 Å². The molecular weight excluding hydrogens is 352 g/mol. The Balaban J connectivity index is 1.67. The quantitative estimate of drug-likeness (QED) is 0.627. The van der Waals surface area contributed by atoms with Crippen molar-refractivity contribution < 1.29 is 4.79 Å². The van der Waals surface area contributed by atoms with Gasteiger partial charge in [0.1, 0.15) is 5.82 Å². The summed E-state index contributed by atoms with van der Waals surface area (Å²) >= 11 is 0. The molecule has 1 fully saturated rings. The number of hydrogen-bond acceptors (Lipinski definition) is 5. The van der Waals surface area contributed by atoms with E-state index in [1.165, 1.54) is 19.3 Å². The molecule has 7 heteroatoms. The molecule has 0 radical (unpaired) electrons. The van der Waals surface area contributed by atoms with Gasteiger partial charge in [-0.15, -0.1) is 0 Å². The number of carbonyl (C=O) groups is 1. The second-order valence-electron chi connectivity index (χ2n) is 7.62. The Kier molecular flexibility index (Phi) is 4.90. The molecule has 2 aromatic heterocycles. The zero-order valence-electron chi connectivity index (χ0n) is 16.3. The largest absolute Gasteiger partial charge is 0.366 e. The number of nitrogens with zero attached hydrogens (tertiary/aromatic N) is 3. The van der Waals surface area contributed by atoms with E-state index in [0.29, 0.717) is 23.6 Å². The lowest BCUT2D eigenvalue weighted by Gasteiger charge is -2.30. The summed E-state index contributed by atoms with van der Waals surface area (Å²) in [7, 11) is 2.00. The molecule has 7 nitrogen and oxygen atoms in total. The van der Waals surface area contributed by atoms with Gasteiger partial charge in [0.15, 0.2) is 11.5 Å². The van der Waals surface area contributed by atoms with Crippen molar-refractivity contribution in [3.63, 3.8) is 0 Å². The molecule has 1 aromatic carbocycles. The van der Waals surface area contributed by atoms with Crippen LogP contribution in [0.25, 0.3) is 10.9 Å². The molecule has 4 N–H and O–H groups in total. The van der Waals surface area contributed by atoms with Crippen molar-refractivity contribution in [3.8, 4) is 0 Å². The van der Waals surface area contributed by atoms with Crippen LogP contribution in [0, 0.1) is 5.92 Å². The van der Waals surface area contributed by atoms with Crippen molar-refractivity contribution in [3.05, 3.63) is 42.4 Å². The van der Waals surface area contributed by atoms with Crippen molar-refractivity contribution in [2.45, 2.75) is 38.6 Å². The number of benzene rings is 1. The van der Waals surface area contributed by atoms with Gasteiger partial charge < -0.3 is 20.9 Å². The fraction of sp³-hybridized carbons (Fsp3) is 0.381. The van der Waals surface area contributed by atoms with Crippen molar-refractivity contribution in [2.24, 2.45) is 18.7 Å². The Morgan fingerprint density at radius 1 is 1.25 bits per heavy atom. The predicted octanol–water partition coefficient (Wildman–Crippen LogP) is 3.80. The van der Waals surface area contributed by atoms with E-state index in [2.05, 4.69) is 27.5 Å². The van der Waals surface area contributed by atoms with Gasteiger partial charge in [-0.2, -0.15) is 0 Å². The molecule has 2 atom stereocenters. The zero-order valence-corrected chi connectivity index (χ0v) is 16.3. The summed E-state index contributed by atoms with van der Waals surface area (Å²) in [6, 6.07) is 8.36. The average molecular weight is 378 g/mol. The van der Waals surface area contributed by atoms with Gasteiger partial charge in [-0.05, 0) is 37.0 Å². The van der Waals surface area contributed by atoms with Crippen LogP contribution in [-0.2, 0) is 7.05 Å². The molecule has 0 saturated heterocycles. The Labute approximate surface area is 164 Å². The number of nitrogens with two attached hydrogens (primary N) is 1. The Morgan fingerprint density at radius 2 is 2.07 bits per heavy atom. The highest BCUT2D eigenvalue weighted by atomic mass is 16.1. The first-order valence-electron chi connectivity index (χ1n) is 9.77. The fourth-order valence-corrected chi connectivity index (χ4v) is 3.99. The topological polar surface area (TPSA) is 97.9 Å². The summed E-state index contributed by atoms with van der Waals surface area (Å²) in [5.41, 5.74) is 7.62. The van der Waals surface area contributed by atoms with Gasteiger partial charge in [0.2, 0.25) is 0 Å². The van der Waals surface area contributed by atoms with Gasteiger partial charge in [0.05, 0.1) is 6.20 Å². The molecule has 0 spiro atoms. The van der Waals surface area contributed by atoms with Crippen LogP contribution in [0.2, 0.25) is 0 Å². The van der Waals surface area contributed by atoms with Crippen molar-refractivity contribution in [2.75, 3.05) is 10.6 Å². The molecule has 1 saturated carbocycles. The number of carbonyl (C=O) groups excluding carboxylic acids is 1. The highest BCUT2D eigenvalue weighted by Gasteiger charge is 2.22. The minimum atomic E-state index is -0.604. The number of anilines is 3. The summed E-state index contributed by atoms with van der Waals surface area (Å²) in [5, 5.41) is 7.81. The smallest absolute Gasteiger partial charge is 0.271 e. The number of rotatable bonds is 5. The lowest BCUT2D eigenvalue weighted by molar-refractivity contribution is 0.0996. The highest BCUT2D eigenvalue weighted by Crippen LogP contribution is 2.29. The molecule has 4 rings (SSSR count). The third-order valence-corrected chi connectivity index (χ3v) is 5.63. The zero-order chi connectivity index (χ0) is 19.7. The van der Waals surface area contributed by atoms with Crippen LogP contribution < -0.4 is 16.4 Å². The molecule has 0 aliphatic heterocycles. The molecule has 0 unspecified atom stereocenters. The van der Waals surface area contributed by atoms with Gasteiger partial charge in [0, 0.05) is 35.9 Å². The first kappa shape index (κ1) is 18.3. The minimum Gasteiger partial charge on any atom is -0.366 e. The standard InChI is InChI=1S/C21H26N6O/c1-13-6-3-4-7-15(13)24-18-12-23-19(20(22)28)21(26-18)25-16-8-5-9-17-14(16)10-11-27(17)2/h5,8-13,15H,3-4,6-7H2,1-2H3,(H2,22,28)(H2,24,25,26)/t13-,15+/m0/s1. The molecule has 0 bridgehead atoms. The lowest BCUT2D eigenvalue weighted by Crippen LogP contribution is -2.31. The van der Waals surface area contributed by atoms with Crippen LogP contribution in [0.1, 0.15) is 43.1 Å². The van der Waals surface area contributed by atoms with Gasteiger partial charge in [-0.3, -0.25) is 4.79 Å². The molecule has 3 aromatic rings. The van der Waals surface area contributed by atoms with E-state index in [0.717, 1.165) is 23.0 Å². The minimum absolute atomic E-state index is 0.134. The Morgan fingerprint density at radius 3 is 2.86 bits per heavy atom. The summed E-state index contributed by atoms with van der Waals surface area (Å²) in [6.07, 6.45) is 8.42. The maximum Gasteiger partial charge on any atom is 0.271 e. The van der Waals surface area contributed by atoms with Crippen LogP contribution in [-0.4, -0.2) is 26.5 Å². The molecule has 1 aliphatic carbocycles. The van der Waals surface area contributed by atoms with E-state index in [9.17, 15) is 4.79 Å². The molecule has 28 heavy (non-hydrogen) atoms. The molecule has 146 valence electrons. The monoisotopic (exact) mass is 378 g/mol. The second kappa shape index (κ2) is 7.50. The van der Waals surface area contributed by atoms with Crippen molar-refractivity contribution >= 4 is 34.1 Å². The van der Waals surface area contributed by atoms with Gasteiger partial charge in [-0.1, -0.05) is 25.8 Å². The number of hydrogen-bond donors (Lipinski definition) is 3. The van der Waals surface area contributed by atoms with E-state index in [-0.39, 0.29) is 5.69 Å². The normalized spacial score (nSPS) is 19.5. The van der Waals surface area contributed by atoms with Crippen LogP contribution in [0.3, 0.4) is 0 Å². The average Bonchev–Trinajstić information content (AvgIpc) is 3.06. The molecular formula is C21H26N6O. The predicted molar refractivity (Wildman–Crippen MR) is 112 cm³/mol. The molecule has 1 aliphatic rings. The lowest BCUT2D eigenvalue weighted by atomic mass is 9.86. The van der Waals surface area contributed by atoms with E-state index in [4.69, 9.17) is 5.73 Å². The van der Waals surface area contributed by atoms with E-state index < -0.39 is 5.91 Å². The third-order valence-electron chi connectivity index (χ3n) is 5.63.